The first-order valence-electron chi connectivity index (χ1n) is 10.6. The van der Waals surface area contributed by atoms with Gasteiger partial charge in [-0.2, -0.15) is 0 Å². The Balaban J connectivity index is 1.70. The number of allylic oxidation sites excluding steroid dienone is 1. The summed E-state index contributed by atoms with van der Waals surface area (Å²) >= 11 is 0. The lowest BCUT2D eigenvalue weighted by Gasteiger charge is -2.25. The highest BCUT2D eigenvalue weighted by Gasteiger charge is 2.30. The van der Waals surface area contributed by atoms with Crippen LogP contribution < -0.4 is 5.32 Å². The summed E-state index contributed by atoms with van der Waals surface area (Å²) in [5, 5.41) is 11.6. The molecule has 0 aliphatic heterocycles. The lowest BCUT2D eigenvalue weighted by atomic mass is 9.98. The molecule has 2 aromatic carbocycles. The van der Waals surface area contributed by atoms with E-state index in [4.69, 9.17) is 16.3 Å². The van der Waals surface area contributed by atoms with Crippen molar-refractivity contribution in [2.24, 2.45) is 0 Å². The van der Waals surface area contributed by atoms with Gasteiger partial charge in [-0.1, -0.05) is 60.5 Å². The summed E-state index contributed by atoms with van der Waals surface area (Å²) in [4.78, 5) is 37.6. The molecule has 1 unspecified atom stereocenters. The van der Waals surface area contributed by atoms with Gasteiger partial charge in [0.15, 0.2) is 0 Å². The quantitative estimate of drug-likeness (QED) is 0.431. The molecule has 0 spiro atoms. The Morgan fingerprint density at radius 2 is 1.76 bits per heavy atom. The fraction of sp³-hybridized carbons (Fsp3) is 0.269. The van der Waals surface area contributed by atoms with Crippen LogP contribution in [0.3, 0.4) is 0 Å². The average Bonchev–Trinajstić information content (AvgIpc) is 3.13. The normalized spacial score (nSPS) is 12.6. The second kappa shape index (κ2) is 11.0. The predicted molar refractivity (Wildman–Crippen MR) is 124 cm³/mol. The highest BCUT2D eigenvalue weighted by atomic mass is 16.5. The first-order valence-corrected chi connectivity index (χ1v) is 10.6. The van der Waals surface area contributed by atoms with E-state index < -0.39 is 30.6 Å². The number of carboxylic acid groups (broad SMARTS) is 1. The number of fused-ring (bicyclic) bond motifs is 3. The van der Waals surface area contributed by atoms with Gasteiger partial charge in [0.1, 0.15) is 19.2 Å². The SMILES string of the molecule is C#CCN(CC(=O)O)C(=O)C(CCC=C)NC(=O)OCC1c2ccccc2-c2ccccc21. The summed E-state index contributed by atoms with van der Waals surface area (Å²) in [6.07, 6.45) is 6.82. The molecule has 1 aliphatic carbocycles. The molecule has 2 amide bonds. The van der Waals surface area contributed by atoms with Crippen LogP contribution in [0.15, 0.2) is 61.2 Å². The van der Waals surface area contributed by atoms with Crippen LogP contribution in [-0.4, -0.2) is 53.7 Å². The summed E-state index contributed by atoms with van der Waals surface area (Å²) in [6, 6.07) is 15.0. The smallest absolute Gasteiger partial charge is 0.407 e. The molecule has 0 heterocycles. The number of carbonyl (C=O) groups excluding carboxylic acids is 2. The lowest BCUT2D eigenvalue weighted by Crippen LogP contribution is -2.50. The molecule has 2 N–H and O–H groups in total. The highest BCUT2D eigenvalue weighted by Crippen LogP contribution is 2.44. The number of alkyl carbamates (subject to hydrolysis) is 1. The Bertz CT molecular complexity index is 1040. The van der Waals surface area contributed by atoms with Crippen LogP contribution in [0.25, 0.3) is 11.1 Å². The van der Waals surface area contributed by atoms with Gasteiger partial charge in [0.05, 0.1) is 6.54 Å². The number of aliphatic carboxylic acids is 1. The number of hydrogen-bond acceptors (Lipinski definition) is 4. The molecule has 0 fully saturated rings. The molecule has 7 nitrogen and oxygen atoms in total. The van der Waals surface area contributed by atoms with Crippen molar-refractivity contribution in [3.05, 3.63) is 72.3 Å². The Hall–Kier alpha value is -4.05. The number of hydrogen-bond donors (Lipinski definition) is 2. The molecule has 7 heteroatoms. The van der Waals surface area contributed by atoms with Crippen LogP contribution in [-0.2, 0) is 14.3 Å². The summed E-state index contributed by atoms with van der Waals surface area (Å²) in [7, 11) is 0. The molecule has 0 bridgehead atoms. The standard InChI is InChI=1S/C26H26N2O5/c1-3-5-14-23(25(31)28(15-4-2)16-24(29)30)27-26(32)33-17-22-20-12-8-6-10-18(20)19-11-7-9-13-21(19)22/h2-3,6-13,22-23H,1,5,14-17H2,(H,27,32)(H,29,30). The summed E-state index contributed by atoms with van der Waals surface area (Å²) < 4.78 is 5.52. The van der Waals surface area contributed by atoms with Gasteiger partial charge in [-0.05, 0) is 35.1 Å². The van der Waals surface area contributed by atoms with Crippen molar-refractivity contribution < 1.29 is 24.2 Å². The first kappa shape index (κ1) is 23.6. The van der Waals surface area contributed by atoms with Crippen molar-refractivity contribution in [1.82, 2.24) is 10.2 Å². The van der Waals surface area contributed by atoms with Crippen LogP contribution in [0.5, 0.6) is 0 Å². The Morgan fingerprint density at radius 1 is 1.15 bits per heavy atom. The van der Waals surface area contributed by atoms with E-state index in [2.05, 4.69) is 17.8 Å². The molecule has 170 valence electrons. The second-order valence-corrected chi connectivity index (χ2v) is 7.68. The monoisotopic (exact) mass is 446 g/mol. The Morgan fingerprint density at radius 3 is 2.30 bits per heavy atom. The van der Waals surface area contributed by atoms with E-state index in [1.807, 2.05) is 48.5 Å². The van der Waals surface area contributed by atoms with Gasteiger partial charge in [-0.15, -0.1) is 13.0 Å². The zero-order valence-corrected chi connectivity index (χ0v) is 18.2. The van der Waals surface area contributed by atoms with Crippen molar-refractivity contribution in [2.45, 2.75) is 24.8 Å². The minimum atomic E-state index is -1.19. The Kier molecular flexibility index (Phi) is 7.87. The van der Waals surface area contributed by atoms with E-state index in [-0.39, 0.29) is 25.5 Å². The fourth-order valence-electron chi connectivity index (χ4n) is 4.03. The fourth-order valence-corrected chi connectivity index (χ4v) is 4.03. The molecule has 0 saturated heterocycles. The number of carboxylic acids is 1. The third kappa shape index (κ3) is 5.60. The van der Waals surface area contributed by atoms with Crippen molar-refractivity contribution in [2.75, 3.05) is 19.7 Å². The van der Waals surface area contributed by atoms with E-state index >= 15 is 0 Å². The second-order valence-electron chi connectivity index (χ2n) is 7.68. The van der Waals surface area contributed by atoms with Crippen molar-refractivity contribution in [1.29, 1.82) is 0 Å². The van der Waals surface area contributed by atoms with E-state index in [1.54, 1.807) is 6.08 Å². The number of benzene rings is 2. The lowest BCUT2D eigenvalue weighted by molar-refractivity contribution is -0.144. The van der Waals surface area contributed by atoms with Crippen LogP contribution in [0.1, 0.15) is 29.9 Å². The summed E-state index contributed by atoms with van der Waals surface area (Å²) in [5.41, 5.74) is 4.37. The molecular weight excluding hydrogens is 420 g/mol. The van der Waals surface area contributed by atoms with Crippen LogP contribution in [0, 0.1) is 12.3 Å². The number of nitrogens with one attached hydrogen (secondary N) is 1. The number of nitrogens with zero attached hydrogens (tertiary/aromatic N) is 1. The van der Waals surface area contributed by atoms with Crippen molar-refractivity contribution >= 4 is 18.0 Å². The highest BCUT2D eigenvalue weighted by molar-refractivity contribution is 5.88. The molecule has 33 heavy (non-hydrogen) atoms. The number of carbonyl (C=O) groups is 3. The molecule has 3 rings (SSSR count). The first-order chi connectivity index (χ1) is 16.0. The number of rotatable bonds is 10. The molecule has 2 aromatic rings. The molecule has 1 aliphatic rings. The third-order valence-electron chi connectivity index (χ3n) is 5.51. The molecular formula is C26H26N2O5. The van der Waals surface area contributed by atoms with Crippen LogP contribution >= 0.6 is 0 Å². The van der Waals surface area contributed by atoms with Gasteiger partial charge in [0.2, 0.25) is 5.91 Å². The zero-order chi connectivity index (χ0) is 23.8. The van der Waals surface area contributed by atoms with E-state index in [1.165, 1.54) is 0 Å². The van der Waals surface area contributed by atoms with Gasteiger partial charge in [0, 0.05) is 5.92 Å². The predicted octanol–water partition coefficient (Wildman–Crippen LogP) is 3.41. The molecule has 0 saturated carbocycles. The van der Waals surface area contributed by atoms with Gasteiger partial charge < -0.3 is 20.1 Å². The summed E-state index contributed by atoms with van der Waals surface area (Å²) in [5.74, 6) is 0.391. The molecule has 0 radical (unpaired) electrons. The number of amides is 2. The zero-order valence-electron chi connectivity index (χ0n) is 18.2. The van der Waals surface area contributed by atoms with E-state index in [0.29, 0.717) is 6.42 Å². The largest absolute Gasteiger partial charge is 0.480 e. The van der Waals surface area contributed by atoms with Gasteiger partial charge in [-0.3, -0.25) is 9.59 Å². The van der Waals surface area contributed by atoms with E-state index in [0.717, 1.165) is 27.2 Å². The maximum Gasteiger partial charge on any atom is 0.407 e. The van der Waals surface area contributed by atoms with Crippen molar-refractivity contribution in [3.8, 4) is 23.5 Å². The molecule has 0 aromatic heterocycles. The summed E-state index contributed by atoms with van der Waals surface area (Å²) in [6.45, 7) is 3.01. The number of ether oxygens (including phenoxy) is 1. The Labute approximate surface area is 193 Å². The maximum atomic E-state index is 12.9. The maximum absolute atomic E-state index is 12.9. The van der Waals surface area contributed by atoms with Crippen LogP contribution in [0.2, 0.25) is 0 Å². The molecule has 1 atom stereocenters. The van der Waals surface area contributed by atoms with Gasteiger partial charge in [-0.25, -0.2) is 4.79 Å². The minimum absolute atomic E-state index is 0.103. The number of terminal acetylenes is 1. The van der Waals surface area contributed by atoms with Crippen molar-refractivity contribution in [3.63, 3.8) is 0 Å². The van der Waals surface area contributed by atoms with Gasteiger partial charge in [0.25, 0.3) is 0 Å². The van der Waals surface area contributed by atoms with E-state index in [9.17, 15) is 14.4 Å². The van der Waals surface area contributed by atoms with Crippen LogP contribution in [0.4, 0.5) is 4.79 Å². The minimum Gasteiger partial charge on any atom is -0.480 e. The topological polar surface area (TPSA) is 95.9 Å². The van der Waals surface area contributed by atoms with Gasteiger partial charge >= 0.3 is 12.1 Å². The third-order valence-corrected chi connectivity index (χ3v) is 5.51. The average molecular weight is 447 g/mol.